The Morgan fingerprint density at radius 2 is 2.24 bits per heavy atom. The summed E-state index contributed by atoms with van der Waals surface area (Å²) < 4.78 is 0. The molecule has 17 heavy (non-hydrogen) atoms. The Bertz CT molecular complexity index is 395. The van der Waals surface area contributed by atoms with Crippen LogP contribution in [0.1, 0.15) is 30.9 Å². The van der Waals surface area contributed by atoms with Crippen molar-refractivity contribution in [1.29, 1.82) is 0 Å². The molecular formula is C13H18N2OS. The molecule has 1 aliphatic heterocycles. The topological polar surface area (TPSA) is 55.1 Å². The molecule has 3 nitrogen and oxygen atoms in total. The molecule has 1 heterocycles. The van der Waals surface area contributed by atoms with Gasteiger partial charge in [0.05, 0.1) is 0 Å². The molecule has 1 unspecified atom stereocenters. The molecule has 1 aromatic rings. The van der Waals surface area contributed by atoms with E-state index in [2.05, 4.69) is 29.6 Å². The predicted octanol–water partition coefficient (Wildman–Crippen LogP) is 2.08. The molecule has 3 N–H and O–H groups in total. The van der Waals surface area contributed by atoms with Gasteiger partial charge in [0.15, 0.2) is 0 Å². The first-order valence-corrected chi connectivity index (χ1v) is 6.99. The Balaban J connectivity index is 1.73. The fourth-order valence-corrected chi connectivity index (χ4v) is 3.23. The van der Waals surface area contributed by atoms with Crippen LogP contribution in [0.5, 0.6) is 0 Å². The number of fused-ring (bicyclic) bond motifs is 1. The highest BCUT2D eigenvalue weighted by Gasteiger charge is 2.21. The van der Waals surface area contributed by atoms with Crippen LogP contribution < -0.4 is 11.1 Å². The van der Waals surface area contributed by atoms with Crippen LogP contribution in [0, 0.1) is 0 Å². The Morgan fingerprint density at radius 3 is 3.06 bits per heavy atom. The van der Waals surface area contributed by atoms with Gasteiger partial charge in [0.2, 0.25) is 5.91 Å². The summed E-state index contributed by atoms with van der Waals surface area (Å²) in [5.41, 5.74) is 6.51. The summed E-state index contributed by atoms with van der Waals surface area (Å²) in [7, 11) is 0. The van der Waals surface area contributed by atoms with Crippen LogP contribution >= 0.6 is 11.8 Å². The third-order valence-corrected chi connectivity index (χ3v) is 4.12. The van der Waals surface area contributed by atoms with E-state index in [1.807, 2.05) is 11.8 Å². The smallest absolute Gasteiger partial charge is 0.217 e. The van der Waals surface area contributed by atoms with Crippen molar-refractivity contribution in [1.82, 2.24) is 5.32 Å². The minimum absolute atomic E-state index is 0.202. The van der Waals surface area contributed by atoms with Crippen molar-refractivity contribution in [3.63, 3.8) is 0 Å². The molecule has 0 radical (unpaired) electrons. The fraction of sp³-hybridized carbons (Fsp3) is 0.462. The van der Waals surface area contributed by atoms with Crippen molar-refractivity contribution in [2.75, 3.05) is 12.3 Å². The summed E-state index contributed by atoms with van der Waals surface area (Å²) in [5, 5.41) is 3.54. The van der Waals surface area contributed by atoms with Gasteiger partial charge in [0, 0.05) is 23.1 Å². The first-order chi connectivity index (χ1) is 8.27. The van der Waals surface area contributed by atoms with Gasteiger partial charge in [-0.05, 0) is 31.0 Å². The number of primary amides is 1. The maximum absolute atomic E-state index is 10.6. The zero-order chi connectivity index (χ0) is 12.1. The van der Waals surface area contributed by atoms with E-state index in [9.17, 15) is 4.79 Å². The number of thioether (sulfide) groups is 1. The summed E-state index contributed by atoms with van der Waals surface area (Å²) in [6.07, 6.45) is 2.38. The number of carbonyl (C=O) groups excluding carboxylic acids is 1. The number of nitrogens with one attached hydrogen (secondary N) is 1. The highest BCUT2D eigenvalue weighted by Crippen LogP contribution is 2.37. The van der Waals surface area contributed by atoms with Crippen LogP contribution in [0.15, 0.2) is 29.2 Å². The van der Waals surface area contributed by atoms with E-state index in [4.69, 9.17) is 5.73 Å². The standard InChI is InChI=1S/C13H18N2OS/c14-13(16)7-3-4-8-15-11-9-17-12-6-2-1-5-10(11)12/h1-2,5-6,11,15H,3-4,7-9H2,(H2,14,16). The van der Waals surface area contributed by atoms with Gasteiger partial charge in [-0.1, -0.05) is 18.2 Å². The van der Waals surface area contributed by atoms with Gasteiger partial charge in [-0.3, -0.25) is 4.79 Å². The number of benzene rings is 1. The molecule has 0 aromatic heterocycles. The van der Waals surface area contributed by atoms with E-state index in [1.54, 1.807) is 0 Å². The lowest BCUT2D eigenvalue weighted by atomic mass is 10.1. The van der Waals surface area contributed by atoms with Gasteiger partial charge < -0.3 is 11.1 Å². The number of hydrogen-bond acceptors (Lipinski definition) is 3. The van der Waals surface area contributed by atoms with Crippen LogP contribution in [0.3, 0.4) is 0 Å². The predicted molar refractivity (Wildman–Crippen MR) is 71.0 cm³/mol. The Morgan fingerprint density at radius 1 is 1.41 bits per heavy atom. The molecule has 4 heteroatoms. The van der Waals surface area contributed by atoms with Crippen molar-refractivity contribution < 1.29 is 4.79 Å². The summed E-state index contributed by atoms with van der Waals surface area (Å²) in [6, 6.07) is 9.00. The molecule has 0 bridgehead atoms. The van der Waals surface area contributed by atoms with Gasteiger partial charge in [0.1, 0.15) is 0 Å². The molecule has 0 aliphatic carbocycles. The molecule has 0 saturated carbocycles. The summed E-state index contributed by atoms with van der Waals surface area (Å²) in [6.45, 7) is 0.951. The number of nitrogens with two attached hydrogens (primary N) is 1. The lowest BCUT2D eigenvalue weighted by molar-refractivity contribution is -0.118. The Labute approximate surface area is 106 Å². The third-order valence-electron chi connectivity index (χ3n) is 2.94. The zero-order valence-electron chi connectivity index (χ0n) is 9.82. The maximum atomic E-state index is 10.6. The van der Waals surface area contributed by atoms with Crippen molar-refractivity contribution >= 4 is 17.7 Å². The van der Waals surface area contributed by atoms with Gasteiger partial charge >= 0.3 is 0 Å². The van der Waals surface area contributed by atoms with Crippen molar-refractivity contribution in [3.8, 4) is 0 Å². The average molecular weight is 250 g/mol. The summed E-state index contributed by atoms with van der Waals surface area (Å²) in [4.78, 5) is 12.0. The minimum Gasteiger partial charge on any atom is -0.370 e. The van der Waals surface area contributed by atoms with Crippen molar-refractivity contribution in [3.05, 3.63) is 29.8 Å². The molecule has 0 fully saturated rings. The first-order valence-electron chi connectivity index (χ1n) is 6.01. The molecule has 2 rings (SSSR count). The second-order valence-corrected chi connectivity index (χ2v) is 5.34. The van der Waals surface area contributed by atoms with E-state index in [0.717, 1.165) is 25.1 Å². The molecule has 92 valence electrons. The van der Waals surface area contributed by atoms with Gasteiger partial charge in [-0.25, -0.2) is 0 Å². The van der Waals surface area contributed by atoms with E-state index < -0.39 is 0 Å². The second-order valence-electron chi connectivity index (χ2n) is 4.28. The average Bonchev–Trinajstić information content (AvgIpc) is 2.72. The van der Waals surface area contributed by atoms with Gasteiger partial charge in [-0.2, -0.15) is 0 Å². The van der Waals surface area contributed by atoms with Crippen LogP contribution in [0.4, 0.5) is 0 Å². The summed E-state index contributed by atoms with van der Waals surface area (Å²) >= 11 is 1.91. The van der Waals surface area contributed by atoms with Crippen LogP contribution in [0.2, 0.25) is 0 Å². The van der Waals surface area contributed by atoms with Crippen LogP contribution in [0.25, 0.3) is 0 Å². The number of unbranched alkanes of at least 4 members (excludes halogenated alkanes) is 1. The quantitative estimate of drug-likeness (QED) is 0.760. The van der Waals surface area contributed by atoms with E-state index >= 15 is 0 Å². The number of amides is 1. The number of rotatable bonds is 6. The molecule has 0 saturated heterocycles. The lowest BCUT2D eigenvalue weighted by Gasteiger charge is -2.12. The van der Waals surface area contributed by atoms with Gasteiger partial charge in [0.25, 0.3) is 0 Å². The second kappa shape index (κ2) is 6.07. The zero-order valence-corrected chi connectivity index (χ0v) is 10.6. The molecule has 1 amide bonds. The lowest BCUT2D eigenvalue weighted by Crippen LogP contribution is -2.22. The normalized spacial score (nSPS) is 18.0. The fourth-order valence-electron chi connectivity index (χ4n) is 2.03. The van der Waals surface area contributed by atoms with Crippen molar-refractivity contribution in [2.45, 2.75) is 30.2 Å². The van der Waals surface area contributed by atoms with E-state index in [0.29, 0.717) is 12.5 Å². The number of carbonyl (C=O) groups is 1. The largest absolute Gasteiger partial charge is 0.370 e. The SMILES string of the molecule is NC(=O)CCCCNC1CSc2ccccc21. The van der Waals surface area contributed by atoms with Gasteiger partial charge in [-0.15, -0.1) is 11.8 Å². The molecule has 0 spiro atoms. The van der Waals surface area contributed by atoms with Crippen LogP contribution in [-0.4, -0.2) is 18.2 Å². The Kier molecular flexibility index (Phi) is 4.45. The highest BCUT2D eigenvalue weighted by molar-refractivity contribution is 7.99. The maximum Gasteiger partial charge on any atom is 0.217 e. The van der Waals surface area contributed by atoms with Crippen molar-refractivity contribution in [2.24, 2.45) is 5.73 Å². The van der Waals surface area contributed by atoms with E-state index in [-0.39, 0.29) is 5.91 Å². The molecule has 1 atom stereocenters. The first kappa shape index (κ1) is 12.5. The van der Waals surface area contributed by atoms with Crippen LogP contribution in [-0.2, 0) is 4.79 Å². The summed E-state index contributed by atoms with van der Waals surface area (Å²) in [5.74, 6) is 0.904. The highest BCUT2D eigenvalue weighted by atomic mass is 32.2. The molecular weight excluding hydrogens is 232 g/mol. The minimum atomic E-state index is -0.202. The molecule has 1 aromatic carbocycles. The third kappa shape index (κ3) is 3.48. The van der Waals surface area contributed by atoms with E-state index in [1.165, 1.54) is 10.5 Å². The molecule has 1 aliphatic rings. The monoisotopic (exact) mass is 250 g/mol. The Hall–Kier alpha value is -1.00. The number of hydrogen-bond donors (Lipinski definition) is 2.